The fourth-order valence-corrected chi connectivity index (χ4v) is 3.40. The van der Waals surface area contributed by atoms with Crippen molar-refractivity contribution in [3.63, 3.8) is 0 Å². The zero-order chi connectivity index (χ0) is 21.6. The van der Waals surface area contributed by atoms with Gasteiger partial charge in [0.05, 0.1) is 12.2 Å². The predicted octanol–water partition coefficient (Wildman–Crippen LogP) is 2.40. The molecule has 5 atom stereocenters. The van der Waals surface area contributed by atoms with Crippen LogP contribution >= 0.6 is 0 Å². The van der Waals surface area contributed by atoms with Crippen molar-refractivity contribution in [2.45, 2.75) is 65.4 Å². The number of morpholine rings is 1. The SMILES string of the molecule is CC[C@@H](C)[C@@H](NC(=O)c1ccccc1)C(=O)O[C@@H](C)C(=O)N1C[C@@H](C)O[C@@H](C)C1. The molecule has 0 saturated carbocycles. The summed E-state index contributed by atoms with van der Waals surface area (Å²) in [7, 11) is 0. The van der Waals surface area contributed by atoms with Crippen molar-refractivity contribution in [1.29, 1.82) is 0 Å². The summed E-state index contributed by atoms with van der Waals surface area (Å²) in [5.74, 6) is -1.33. The van der Waals surface area contributed by atoms with Crippen LogP contribution in [0.15, 0.2) is 30.3 Å². The van der Waals surface area contributed by atoms with Crippen LogP contribution in [0.1, 0.15) is 51.4 Å². The van der Waals surface area contributed by atoms with Crippen LogP contribution in [0.2, 0.25) is 0 Å². The number of hydrogen-bond donors (Lipinski definition) is 1. The molecule has 160 valence electrons. The predicted molar refractivity (Wildman–Crippen MR) is 109 cm³/mol. The molecular weight excluding hydrogens is 372 g/mol. The van der Waals surface area contributed by atoms with Crippen molar-refractivity contribution in [2.24, 2.45) is 5.92 Å². The molecule has 29 heavy (non-hydrogen) atoms. The van der Waals surface area contributed by atoms with Crippen LogP contribution in [0, 0.1) is 5.92 Å². The number of carbonyl (C=O) groups is 3. The second-order valence-corrected chi connectivity index (χ2v) is 7.78. The Balaban J connectivity index is 2.03. The van der Waals surface area contributed by atoms with Crippen LogP contribution in [0.4, 0.5) is 0 Å². The van der Waals surface area contributed by atoms with Crippen molar-refractivity contribution in [2.75, 3.05) is 13.1 Å². The normalized spacial score (nSPS) is 22.3. The fraction of sp³-hybridized carbons (Fsp3) is 0.591. The Morgan fingerprint density at radius 1 is 1.14 bits per heavy atom. The molecule has 1 saturated heterocycles. The number of esters is 1. The summed E-state index contributed by atoms with van der Waals surface area (Å²) >= 11 is 0. The van der Waals surface area contributed by atoms with Gasteiger partial charge >= 0.3 is 5.97 Å². The van der Waals surface area contributed by atoms with E-state index in [2.05, 4.69) is 5.32 Å². The molecule has 1 N–H and O–H groups in total. The molecule has 0 radical (unpaired) electrons. The Kier molecular flexibility index (Phi) is 8.20. The maximum absolute atomic E-state index is 12.8. The lowest BCUT2D eigenvalue weighted by atomic mass is 9.98. The molecule has 0 unspecified atom stereocenters. The Labute approximate surface area is 172 Å². The zero-order valence-corrected chi connectivity index (χ0v) is 17.9. The summed E-state index contributed by atoms with van der Waals surface area (Å²) in [6, 6.07) is 7.87. The van der Waals surface area contributed by atoms with Gasteiger partial charge in [-0.3, -0.25) is 9.59 Å². The standard InChI is InChI=1S/C22H32N2O5/c1-6-14(2)19(23-20(25)18-10-8-7-9-11-18)22(27)29-17(5)21(26)24-12-15(3)28-16(4)13-24/h7-11,14-17,19H,6,12-13H2,1-5H3,(H,23,25)/t14-,15-,16+,17+,19-/m1/s1. The van der Waals surface area contributed by atoms with Gasteiger partial charge in [0.2, 0.25) is 0 Å². The minimum atomic E-state index is -0.930. The highest BCUT2D eigenvalue weighted by molar-refractivity contribution is 5.97. The quantitative estimate of drug-likeness (QED) is 0.706. The van der Waals surface area contributed by atoms with Gasteiger partial charge in [-0.25, -0.2) is 4.79 Å². The van der Waals surface area contributed by atoms with Gasteiger partial charge in [0.25, 0.3) is 11.8 Å². The molecule has 7 heteroatoms. The lowest BCUT2D eigenvalue weighted by Gasteiger charge is -2.36. The smallest absolute Gasteiger partial charge is 0.329 e. The minimum Gasteiger partial charge on any atom is -0.451 e. The van der Waals surface area contributed by atoms with E-state index in [0.29, 0.717) is 25.1 Å². The van der Waals surface area contributed by atoms with Crippen LogP contribution < -0.4 is 5.32 Å². The summed E-state index contributed by atoms with van der Waals surface area (Å²) in [5.41, 5.74) is 0.467. The Hall–Kier alpha value is -2.41. The van der Waals surface area contributed by atoms with Crippen LogP contribution in [0.25, 0.3) is 0 Å². The molecule has 1 heterocycles. The molecule has 0 spiro atoms. The number of nitrogens with one attached hydrogen (secondary N) is 1. The molecule has 7 nitrogen and oxygen atoms in total. The average Bonchev–Trinajstić information content (AvgIpc) is 2.70. The maximum atomic E-state index is 12.8. The number of rotatable bonds is 7. The first-order valence-electron chi connectivity index (χ1n) is 10.2. The van der Waals surface area contributed by atoms with Crippen LogP contribution in [0.3, 0.4) is 0 Å². The first kappa shape index (κ1) is 22.9. The van der Waals surface area contributed by atoms with E-state index < -0.39 is 18.1 Å². The summed E-state index contributed by atoms with van der Waals surface area (Å²) in [4.78, 5) is 39.7. The van der Waals surface area contributed by atoms with Gasteiger partial charge in [-0.1, -0.05) is 38.5 Å². The third-order valence-electron chi connectivity index (χ3n) is 5.16. The third-order valence-corrected chi connectivity index (χ3v) is 5.16. The first-order chi connectivity index (χ1) is 13.7. The molecule has 1 fully saturated rings. The van der Waals surface area contributed by atoms with Gasteiger partial charge in [-0.15, -0.1) is 0 Å². The van der Waals surface area contributed by atoms with E-state index in [1.54, 1.807) is 36.1 Å². The van der Waals surface area contributed by atoms with Gasteiger partial charge in [0, 0.05) is 18.7 Å². The molecule has 1 aromatic carbocycles. The van der Waals surface area contributed by atoms with Crippen molar-refractivity contribution in [3.8, 4) is 0 Å². The molecule has 0 bridgehead atoms. The van der Waals surface area contributed by atoms with E-state index in [9.17, 15) is 14.4 Å². The molecule has 0 aromatic heterocycles. The molecule has 0 aliphatic carbocycles. The summed E-state index contributed by atoms with van der Waals surface area (Å²) in [6.07, 6.45) is -0.386. The van der Waals surface area contributed by atoms with E-state index in [1.807, 2.05) is 33.8 Å². The zero-order valence-electron chi connectivity index (χ0n) is 17.9. The van der Waals surface area contributed by atoms with E-state index in [0.717, 1.165) is 0 Å². The van der Waals surface area contributed by atoms with Gasteiger partial charge in [0.15, 0.2) is 6.10 Å². The van der Waals surface area contributed by atoms with E-state index >= 15 is 0 Å². The van der Waals surface area contributed by atoms with Crippen molar-refractivity contribution in [3.05, 3.63) is 35.9 Å². The number of benzene rings is 1. The molecule has 1 aliphatic rings. The van der Waals surface area contributed by atoms with E-state index in [1.165, 1.54) is 0 Å². The lowest BCUT2D eigenvalue weighted by Crippen LogP contribution is -2.53. The van der Waals surface area contributed by atoms with Crippen LogP contribution in [0.5, 0.6) is 0 Å². The van der Waals surface area contributed by atoms with Gasteiger partial charge < -0.3 is 19.7 Å². The van der Waals surface area contributed by atoms with Crippen LogP contribution in [-0.2, 0) is 19.1 Å². The van der Waals surface area contributed by atoms with Gasteiger partial charge in [0.1, 0.15) is 6.04 Å². The van der Waals surface area contributed by atoms with E-state index in [4.69, 9.17) is 9.47 Å². The lowest BCUT2D eigenvalue weighted by molar-refractivity contribution is -0.166. The number of nitrogens with zero attached hydrogens (tertiary/aromatic N) is 1. The fourth-order valence-electron chi connectivity index (χ4n) is 3.40. The highest BCUT2D eigenvalue weighted by Crippen LogP contribution is 2.15. The molecule has 1 aromatic rings. The average molecular weight is 405 g/mol. The summed E-state index contributed by atoms with van der Waals surface area (Å²) < 4.78 is 11.1. The topological polar surface area (TPSA) is 84.9 Å². The van der Waals surface area contributed by atoms with Gasteiger partial charge in [-0.05, 0) is 38.8 Å². The second-order valence-electron chi connectivity index (χ2n) is 7.78. The minimum absolute atomic E-state index is 0.0661. The number of carbonyl (C=O) groups excluding carboxylic acids is 3. The first-order valence-corrected chi connectivity index (χ1v) is 10.2. The second kappa shape index (κ2) is 10.4. The Morgan fingerprint density at radius 3 is 2.28 bits per heavy atom. The largest absolute Gasteiger partial charge is 0.451 e. The summed E-state index contributed by atoms with van der Waals surface area (Å²) in [6.45, 7) is 10.1. The summed E-state index contributed by atoms with van der Waals surface area (Å²) in [5, 5.41) is 2.76. The monoisotopic (exact) mass is 404 g/mol. The van der Waals surface area contributed by atoms with Crippen molar-refractivity contribution in [1.82, 2.24) is 10.2 Å². The molecule has 1 aliphatic heterocycles. The number of ether oxygens (including phenoxy) is 2. The molecule has 2 rings (SSSR count). The third kappa shape index (κ3) is 6.29. The van der Waals surface area contributed by atoms with Crippen molar-refractivity contribution >= 4 is 17.8 Å². The van der Waals surface area contributed by atoms with Gasteiger partial charge in [-0.2, -0.15) is 0 Å². The van der Waals surface area contributed by atoms with Crippen LogP contribution in [-0.4, -0.2) is 60.1 Å². The maximum Gasteiger partial charge on any atom is 0.329 e. The van der Waals surface area contributed by atoms with Crippen molar-refractivity contribution < 1.29 is 23.9 Å². The number of amides is 2. The van der Waals surface area contributed by atoms with E-state index in [-0.39, 0.29) is 29.9 Å². The Morgan fingerprint density at radius 2 is 1.72 bits per heavy atom. The molecule has 2 amide bonds. The molecular formula is C22H32N2O5. The highest BCUT2D eigenvalue weighted by atomic mass is 16.5. The Bertz CT molecular complexity index is 698. The highest BCUT2D eigenvalue weighted by Gasteiger charge is 2.34. The number of hydrogen-bond acceptors (Lipinski definition) is 5.